The van der Waals surface area contributed by atoms with E-state index in [1.165, 1.54) is 0 Å². The van der Waals surface area contributed by atoms with Crippen LogP contribution < -0.4 is 0 Å². The maximum Gasteiger partial charge on any atom is 0.508 e. The van der Waals surface area contributed by atoms with Crippen LogP contribution in [0, 0.1) is 0 Å². The van der Waals surface area contributed by atoms with Crippen molar-refractivity contribution >= 4 is 59.3 Å². The van der Waals surface area contributed by atoms with Crippen molar-refractivity contribution in [1.82, 2.24) is 0 Å². The normalized spacial score (nSPS) is 14.7. The first-order valence-corrected chi connectivity index (χ1v) is 6.86. The summed E-state index contributed by atoms with van der Waals surface area (Å²) in [7, 11) is 1.01. The van der Waals surface area contributed by atoms with Crippen LogP contribution in [0.2, 0.25) is 0 Å². The summed E-state index contributed by atoms with van der Waals surface area (Å²) in [5.74, 6) is -1.83. The molecular weight excluding hydrogens is 297 g/mol. The topological polar surface area (TPSA) is 76.0 Å². The van der Waals surface area contributed by atoms with E-state index in [1.54, 1.807) is 0 Å². The van der Waals surface area contributed by atoms with E-state index in [4.69, 9.17) is 44.6 Å². The lowest BCUT2D eigenvalue weighted by Crippen LogP contribution is -2.31. The number of alkyl halides is 3. The zero-order valence-corrected chi connectivity index (χ0v) is 10.7. The van der Waals surface area contributed by atoms with Crippen molar-refractivity contribution in [3.05, 3.63) is 0 Å². The van der Waals surface area contributed by atoms with Gasteiger partial charge in [0.1, 0.15) is 0 Å². The van der Waals surface area contributed by atoms with Gasteiger partial charge in [0.25, 0.3) is 0 Å². The summed E-state index contributed by atoms with van der Waals surface area (Å²) < 4.78 is 6.17. The molecular formula is C4H6Cl3O5PS. The van der Waals surface area contributed by atoms with Gasteiger partial charge in [-0.3, -0.25) is 0 Å². The number of ether oxygens (including phenoxy) is 2. The number of carbonyl (C=O) groups is 1. The van der Waals surface area contributed by atoms with Gasteiger partial charge in [0.05, 0.1) is 7.11 Å². The van der Waals surface area contributed by atoms with E-state index in [2.05, 4.69) is 21.3 Å². The molecule has 10 heteroatoms. The Balaban J connectivity index is 4.77. The van der Waals surface area contributed by atoms with Crippen LogP contribution in [0.4, 0.5) is 4.79 Å². The van der Waals surface area contributed by atoms with Gasteiger partial charge in [-0.05, 0) is 11.8 Å². The highest BCUT2D eigenvalue weighted by Gasteiger charge is 2.45. The van der Waals surface area contributed by atoms with Gasteiger partial charge in [0, 0.05) is 0 Å². The lowest BCUT2D eigenvalue weighted by molar-refractivity contribution is 0.0581. The minimum Gasteiger partial charge on any atom is -0.438 e. The van der Waals surface area contributed by atoms with Gasteiger partial charge in [0.2, 0.25) is 16.1 Å². The molecule has 1 unspecified atom stereocenters. The van der Waals surface area contributed by atoms with Crippen LogP contribution in [0.5, 0.6) is 0 Å². The second-order valence-electron chi connectivity index (χ2n) is 2.06. The van der Waals surface area contributed by atoms with Gasteiger partial charge in [0.15, 0.2) is 0 Å². The zero-order chi connectivity index (χ0) is 11.6. The third-order valence-electron chi connectivity index (χ3n) is 0.960. The first kappa shape index (κ1) is 14.7. The molecule has 0 heterocycles. The molecule has 0 aliphatic heterocycles. The van der Waals surface area contributed by atoms with Crippen LogP contribution >= 0.6 is 41.3 Å². The molecule has 0 saturated heterocycles. The van der Waals surface area contributed by atoms with Crippen molar-refractivity contribution in [2.24, 2.45) is 0 Å². The Morgan fingerprint density at radius 2 is 1.93 bits per heavy atom. The molecule has 0 fully saturated rings. The van der Waals surface area contributed by atoms with Crippen molar-refractivity contribution in [3.63, 3.8) is 0 Å². The summed E-state index contributed by atoms with van der Waals surface area (Å²) in [6, 6.07) is 0. The van der Waals surface area contributed by atoms with Crippen LogP contribution in [-0.2, 0) is 21.3 Å². The molecule has 0 spiro atoms. The first-order chi connectivity index (χ1) is 6.09. The molecule has 84 valence electrons. The molecule has 0 aromatic rings. The Bertz CT molecular complexity index is 260. The van der Waals surface area contributed by atoms with Crippen molar-refractivity contribution in [1.29, 1.82) is 0 Å². The molecule has 0 aromatic carbocycles. The smallest absolute Gasteiger partial charge is 0.438 e. The summed E-state index contributed by atoms with van der Waals surface area (Å²) >= 11 is 20.2. The molecule has 0 aliphatic rings. The second kappa shape index (κ2) is 5.16. The van der Waals surface area contributed by atoms with Crippen LogP contribution in [0.15, 0.2) is 0 Å². The number of halogens is 3. The van der Waals surface area contributed by atoms with E-state index in [-0.39, 0.29) is 0 Å². The van der Waals surface area contributed by atoms with E-state index in [0.29, 0.717) is 0 Å². The van der Waals surface area contributed by atoms with Crippen molar-refractivity contribution in [2.75, 3.05) is 7.11 Å². The molecule has 0 aliphatic carbocycles. The third kappa shape index (κ3) is 4.98. The van der Waals surface area contributed by atoms with Crippen LogP contribution in [0.1, 0.15) is 0 Å². The Kier molecular flexibility index (Phi) is 5.43. The fraction of sp³-hybridized carbons (Fsp3) is 0.750. The van der Waals surface area contributed by atoms with Crippen molar-refractivity contribution in [3.8, 4) is 0 Å². The second-order valence-corrected chi connectivity index (χ2v) is 7.68. The molecule has 1 atom stereocenters. The highest BCUT2D eigenvalue weighted by Crippen LogP contribution is 2.53. The quantitative estimate of drug-likeness (QED) is 0.460. The monoisotopic (exact) mass is 302 g/mol. The summed E-state index contributed by atoms with van der Waals surface area (Å²) in [6.07, 6.45) is -1.22. The number of methoxy groups -OCH3 is 1. The lowest BCUT2D eigenvalue weighted by Gasteiger charge is -2.26. The highest BCUT2D eigenvalue weighted by molar-refractivity contribution is 8.09. The summed E-state index contributed by atoms with van der Waals surface area (Å²) in [4.78, 5) is 28.8. The Labute approximate surface area is 100 Å². The number of rotatable bonds is 2. The average molecular weight is 303 g/mol. The standard InChI is InChI=1S/C4H6Cl3O5PS/c1-11-3(8)12-2(4(5,6)7)13(9,10)14/h2H,1H3,(H2,9,10,14). The van der Waals surface area contributed by atoms with Crippen LogP contribution in [0.25, 0.3) is 0 Å². The average Bonchev–Trinajstić information content (AvgIpc) is 1.95. The first-order valence-electron chi connectivity index (χ1n) is 2.95. The molecule has 0 saturated carbocycles. The van der Waals surface area contributed by atoms with Crippen LogP contribution in [0.3, 0.4) is 0 Å². The van der Waals surface area contributed by atoms with Gasteiger partial charge in [-0.1, -0.05) is 34.8 Å². The minimum absolute atomic E-state index is 1.01. The Hall–Kier alpha value is 0.710. The Morgan fingerprint density at radius 3 is 2.14 bits per heavy atom. The summed E-state index contributed by atoms with van der Waals surface area (Å²) in [5.41, 5.74) is 0. The maximum absolute atomic E-state index is 10.6. The number of hydrogen-bond donors (Lipinski definition) is 2. The summed E-state index contributed by atoms with van der Waals surface area (Å²) in [6.45, 7) is -4.05. The van der Waals surface area contributed by atoms with Gasteiger partial charge in [-0.15, -0.1) is 0 Å². The van der Waals surface area contributed by atoms with E-state index < -0.39 is 22.3 Å². The molecule has 2 N–H and O–H groups in total. The molecule has 0 rings (SSSR count). The fourth-order valence-corrected chi connectivity index (χ4v) is 3.55. The van der Waals surface area contributed by atoms with Gasteiger partial charge < -0.3 is 19.3 Å². The largest absolute Gasteiger partial charge is 0.508 e. The minimum atomic E-state index is -4.05. The number of hydrogen-bond acceptors (Lipinski definition) is 4. The van der Waals surface area contributed by atoms with Crippen molar-refractivity contribution in [2.45, 2.75) is 9.64 Å². The van der Waals surface area contributed by atoms with Gasteiger partial charge in [-0.2, -0.15) is 0 Å². The van der Waals surface area contributed by atoms with E-state index >= 15 is 0 Å². The number of carbonyl (C=O) groups excluding carboxylic acids is 1. The molecule has 14 heavy (non-hydrogen) atoms. The molecule has 0 amide bonds. The molecule has 0 aromatic heterocycles. The van der Waals surface area contributed by atoms with Gasteiger partial charge >= 0.3 is 6.16 Å². The van der Waals surface area contributed by atoms with E-state index in [9.17, 15) is 4.79 Å². The predicted octanol–water partition coefficient (Wildman–Crippen LogP) is 1.76. The van der Waals surface area contributed by atoms with E-state index in [1.807, 2.05) is 0 Å². The summed E-state index contributed by atoms with van der Waals surface area (Å²) in [5, 5.41) is 0. The SMILES string of the molecule is COC(=O)OC(C(Cl)(Cl)Cl)P(O)(O)=S. The zero-order valence-electron chi connectivity index (χ0n) is 6.69. The lowest BCUT2D eigenvalue weighted by atomic mass is 10.8. The highest BCUT2D eigenvalue weighted by atomic mass is 35.6. The van der Waals surface area contributed by atoms with Gasteiger partial charge in [-0.25, -0.2) is 4.79 Å². The maximum atomic E-state index is 10.6. The molecule has 0 bridgehead atoms. The van der Waals surface area contributed by atoms with Crippen LogP contribution in [-0.4, -0.2) is 32.7 Å². The third-order valence-corrected chi connectivity index (χ3v) is 3.69. The fourth-order valence-electron chi connectivity index (χ4n) is 0.465. The van der Waals surface area contributed by atoms with E-state index in [0.717, 1.165) is 7.11 Å². The van der Waals surface area contributed by atoms with Crippen molar-refractivity contribution < 1.29 is 24.1 Å². The Morgan fingerprint density at radius 1 is 1.50 bits per heavy atom. The molecule has 0 radical (unpaired) electrons. The predicted molar refractivity (Wildman–Crippen MR) is 56.3 cm³/mol. The molecule has 5 nitrogen and oxygen atoms in total.